The molecule has 1 heterocycles. The maximum absolute atomic E-state index is 11.8. The third kappa shape index (κ3) is 3.03. The van der Waals surface area contributed by atoms with Crippen LogP contribution in [0.5, 0.6) is 0 Å². The minimum atomic E-state index is -0.750. The zero-order valence-corrected chi connectivity index (χ0v) is 13.9. The first-order chi connectivity index (χ1) is 9.77. The Morgan fingerprint density at radius 1 is 1.52 bits per heavy atom. The molecule has 0 fully saturated rings. The smallest absolute Gasteiger partial charge is 0.326 e. The molecular weight excluding hydrogens is 286 g/mol. The molecule has 2 atom stereocenters. The molecule has 4 heteroatoms. The van der Waals surface area contributed by atoms with Crippen LogP contribution in [0.25, 0.3) is 0 Å². The predicted octanol–water partition coefficient (Wildman–Crippen LogP) is 4.69. The fourth-order valence-corrected chi connectivity index (χ4v) is 3.83. The van der Waals surface area contributed by atoms with E-state index in [-0.39, 0.29) is 5.54 Å². The highest BCUT2D eigenvalue weighted by molar-refractivity contribution is 6.30. The average Bonchev–Trinajstić information content (AvgIpc) is 2.37. The second-order valence-electron chi connectivity index (χ2n) is 6.63. The molecule has 1 aromatic carbocycles. The van der Waals surface area contributed by atoms with E-state index in [1.165, 1.54) is 0 Å². The SMILES string of the molecule is CCC[C@H](C(=O)O)N1c2ccc(Cl)cc2[C@H](C)CC1(C)C. The summed E-state index contributed by atoms with van der Waals surface area (Å²) in [7, 11) is 0. The van der Waals surface area contributed by atoms with Crippen LogP contribution in [0.3, 0.4) is 0 Å². The summed E-state index contributed by atoms with van der Waals surface area (Å²) in [5.41, 5.74) is 1.99. The number of hydrogen-bond donors (Lipinski definition) is 1. The van der Waals surface area contributed by atoms with Gasteiger partial charge in [0.2, 0.25) is 0 Å². The Balaban J connectivity index is 2.56. The van der Waals surface area contributed by atoms with E-state index in [0.29, 0.717) is 17.4 Å². The summed E-state index contributed by atoms with van der Waals surface area (Å²) >= 11 is 6.13. The number of carboxylic acid groups (broad SMARTS) is 1. The van der Waals surface area contributed by atoms with Crippen molar-refractivity contribution in [2.45, 2.75) is 64.5 Å². The molecule has 0 bridgehead atoms. The van der Waals surface area contributed by atoms with Gasteiger partial charge in [-0.25, -0.2) is 4.79 Å². The molecule has 1 aliphatic heterocycles. The quantitative estimate of drug-likeness (QED) is 0.877. The molecular formula is C17H24ClNO2. The lowest BCUT2D eigenvalue weighted by Gasteiger charge is -2.50. The van der Waals surface area contributed by atoms with Gasteiger partial charge >= 0.3 is 5.97 Å². The van der Waals surface area contributed by atoms with Crippen molar-refractivity contribution in [3.63, 3.8) is 0 Å². The van der Waals surface area contributed by atoms with Crippen molar-refractivity contribution in [2.24, 2.45) is 0 Å². The van der Waals surface area contributed by atoms with Gasteiger partial charge in [0.1, 0.15) is 6.04 Å². The summed E-state index contributed by atoms with van der Waals surface area (Å²) in [5, 5.41) is 10.4. The monoisotopic (exact) mass is 309 g/mol. The van der Waals surface area contributed by atoms with Crippen molar-refractivity contribution in [3.05, 3.63) is 28.8 Å². The van der Waals surface area contributed by atoms with Crippen LogP contribution in [-0.4, -0.2) is 22.7 Å². The van der Waals surface area contributed by atoms with Gasteiger partial charge in [0.15, 0.2) is 0 Å². The highest BCUT2D eigenvalue weighted by Crippen LogP contribution is 2.45. The molecule has 3 nitrogen and oxygen atoms in total. The number of fused-ring (bicyclic) bond motifs is 1. The predicted molar refractivity (Wildman–Crippen MR) is 87.4 cm³/mol. The van der Waals surface area contributed by atoms with Crippen LogP contribution in [-0.2, 0) is 4.79 Å². The van der Waals surface area contributed by atoms with E-state index in [1.54, 1.807) is 0 Å². The number of hydrogen-bond acceptors (Lipinski definition) is 2. The normalized spacial score (nSPS) is 21.8. The molecule has 0 radical (unpaired) electrons. The zero-order valence-electron chi connectivity index (χ0n) is 13.2. The fourth-order valence-electron chi connectivity index (χ4n) is 3.65. The summed E-state index contributed by atoms with van der Waals surface area (Å²) in [6.07, 6.45) is 2.42. The van der Waals surface area contributed by atoms with Crippen molar-refractivity contribution >= 4 is 23.3 Å². The van der Waals surface area contributed by atoms with E-state index in [1.807, 2.05) is 25.1 Å². The Kier molecular flexibility index (Phi) is 4.52. The summed E-state index contributed by atoms with van der Waals surface area (Å²) in [5.74, 6) is -0.374. The van der Waals surface area contributed by atoms with Gasteiger partial charge in [-0.05, 0) is 56.4 Å². The number of nitrogens with zero attached hydrogens (tertiary/aromatic N) is 1. The van der Waals surface area contributed by atoms with Crippen LogP contribution in [0.1, 0.15) is 58.4 Å². The summed E-state index contributed by atoms with van der Waals surface area (Å²) in [6.45, 7) is 8.47. The highest BCUT2D eigenvalue weighted by Gasteiger charge is 2.42. The standard InChI is InChI=1S/C17H24ClNO2/c1-5-6-15(16(20)21)19-14-8-7-12(18)9-13(14)11(2)10-17(19,3)4/h7-9,11,15H,5-6,10H2,1-4H3,(H,20,21)/t11-,15-/m1/s1. The fraction of sp³-hybridized carbons (Fsp3) is 0.588. The molecule has 0 spiro atoms. The minimum absolute atomic E-state index is 0.182. The van der Waals surface area contributed by atoms with E-state index in [4.69, 9.17) is 11.6 Å². The number of carbonyl (C=O) groups is 1. The number of benzene rings is 1. The third-order valence-corrected chi connectivity index (χ3v) is 4.63. The van der Waals surface area contributed by atoms with Crippen LogP contribution in [0.15, 0.2) is 18.2 Å². The van der Waals surface area contributed by atoms with Crippen LogP contribution in [0, 0.1) is 0 Å². The highest BCUT2D eigenvalue weighted by atomic mass is 35.5. The summed E-state index contributed by atoms with van der Waals surface area (Å²) in [6, 6.07) is 5.32. The summed E-state index contributed by atoms with van der Waals surface area (Å²) < 4.78 is 0. The minimum Gasteiger partial charge on any atom is -0.480 e. The van der Waals surface area contributed by atoms with E-state index in [9.17, 15) is 9.90 Å². The Morgan fingerprint density at radius 2 is 2.19 bits per heavy atom. The van der Waals surface area contributed by atoms with Crippen molar-refractivity contribution in [1.29, 1.82) is 0 Å². The van der Waals surface area contributed by atoms with Crippen LogP contribution < -0.4 is 4.90 Å². The third-order valence-electron chi connectivity index (χ3n) is 4.40. The summed E-state index contributed by atoms with van der Waals surface area (Å²) in [4.78, 5) is 13.9. The first kappa shape index (κ1) is 16.2. The molecule has 0 unspecified atom stereocenters. The van der Waals surface area contributed by atoms with Crippen molar-refractivity contribution in [1.82, 2.24) is 0 Å². The second kappa shape index (κ2) is 5.88. The van der Waals surface area contributed by atoms with Gasteiger partial charge in [-0.15, -0.1) is 0 Å². The first-order valence-electron chi connectivity index (χ1n) is 7.59. The molecule has 1 aliphatic rings. The molecule has 0 amide bonds. The molecule has 0 aliphatic carbocycles. The number of anilines is 1. The van der Waals surface area contributed by atoms with Gasteiger partial charge in [-0.2, -0.15) is 0 Å². The number of rotatable bonds is 4. The Morgan fingerprint density at radius 3 is 2.76 bits per heavy atom. The van der Waals surface area contributed by atoms with Crippen LogP contribution in [0.2, 0.25) is 5.02 Å². The van der Waals surface area contributed by atoms with Crippen LogP contribution in [0.4, 0.5) is 5.69 Å². The Labute approximate surface area is 131 Å². The Hall–Kier alpha value is -1.22. The van der Waals surface area contributed by atoms with E-state index < -0.39 is 12.0 Å². The maximum atomic E-state index is 11.8. The molecule has 1 N–H and O–H groups in total. The van der Waals surface area contributed by atoms with Crippen molar-refractivity contribution in [3.8, 4) is 0 Å². The van der Waals surface area contributed by atoms with Gasteiger partial charge in [0.25, 0.3) is 0 Å². The topological polar surface area (TPSA) is 40.5 Å². The maximum Gasteiger partial charge on any atom is 0.326 e. The van der Waals surface area contributed by atoms with E-state index >= 15 is 0 Å². The molecule has 1 aromatic rings. The number of aliphatic carboxylic acids is 1. The van der Waals surface area contributed by atoms with E-state index in [2.05, 4.69) is 25.7 Å². The Bertz CT molecular complexity index is 542. The van der Waals surface area contributed by atoms with Crippen molar-refractivity contribution < 1.29 is 9.90 Å². The average molecular weight is 310 g/mol. The number of carboxylic acids is 1. The second-order valence-corrected chi connectivity index (χ2v) is 7.07. The van der Waals surface area contributed by atoms with Crippen LogP contribution >= 0.6 is 11.6 Å². The van der Waals surface area contributed by atoms with E-state index in [0.717, 1.165) is 24.1 Å². The molecule has 0 saturated carbocycles. The lowest BCUT2D eigenvalue weighted by atomic mass is 9.79. The molecule has 2 rings (SSSR count). The van der Waals surface area contributed by atoms with Gasteiger partial charge in [0.05, 0.1) is 0 Å². The zero-order chi connectivity index (χ0) is 15.8. The number of halogens is 1. The molecule has 21 heavy (non-hydrogen) atoms. The van der Waals surface area contributed by atoms with Gasteiger partial charge in [0, 0.05) is 16.2 Å². The molecule has 0 saturated heterocycles. The van der Waals surface area contributed by atoms with Crippen molar-refractivity contribution in [2.75, 3.05) is 4.90 Å². The largest absolute Gasteiger partial charge is 0.480 e. The first-order valence-corrected chi connectivity index (χ1v) is 7.97. The lowest BCUT2D eigenvalue weighted by molar-refractivity contribution is -0.139. The van der Waals surface area contributed by atoms with Gasteiger partial charge < -0.3 is 10.0 Å². The lowest BCUT2D eigenvalue weighted by Crippen LogP contribution is -2.56. The van der Waals surface area contributed by atoms with Gasteiger partial charge in [-0.3, -0.25) is 0 Å². The molecule has 0 aromatic heterocycles. The molecule has 116 valence electrons. The van der Waals surface area contributed by atoms with Gasteiger partial charge in [-0.1, -0.05) is 31.9 Å².